The molecule has 0 spiro atoms. The third kappa shape index (κ3) is 11.7. The lowest BCUT2D eigenvalue weighted by molar-refractivity contribution is 4.57. The lowest BCUT2D eigenvalue weighted by Gasteiger charge is -2.39. The predicted molar refractivity (Wildman–Crippen MR) is 161 cm³/mol. The van der Waals surface area contributed by atoms with E-state index in [0.29, 0.717) is 0 Å². The summed E-state index contributed by atoms with van der Waals surface area (Å²) in [6.45, 7) is -0.901. The topological polar surface area (TPSA) is 0 Å². The Balaban J connectivity index is 5.44. The van der Waals surface area contributed by atoms with Crippen molar-refractivity contribution in [2.75, 3.05) is 0 Å². The molecule has 0 saturated heterocycles. The average molecular weight is 611 g/mol. The van der Waals surface area contributed by atoms with Crippen molar-refractivity contribution in [3.8, 4) is 0 Å². The van der Waals surface area contributed by atoms with E-state index in [9.17, 15) is 0 Å². The Bertz CT molecular complexity index is 236. The molecule has 0 aliphatic heterocycles. The number of hydrogen-bond donors (Lipinski definition) is 0. The van der Waals surface area contributed by atoms with Crippen molar-refractivity contribution in [2.24, 2.45) is 0 Å². The Labute approximate surface area is 153 Å². The lowest BCUT2D eigenvalue weighted by Crippen LogP contribution is -1.49. The van der Waals surface area contributed by atoms with Gasteiger partial charge in [-0.25, -0.2) is 0 Å². The normalized spacial score (nSPS) is 17.4. The summed E-state index contributed by atoms with van der Waals surface area (Å²) in [7, 11) is 29.8. The Kier molecular flexibility index (Phi) is 20.0. The molecule has 0 fully saturated rings. The molecule has 12 unspecified atom stereocenters. The van der Waals surface area contributed by atoms with Gasteiger partial charge in [0.15, 0.2) is 0 Å². The van der Waals surface area contributed by atoms with Gasteiger partial charge in [-0.1, -0.05) is 0 Å². The predicted octanol–water partition coefficient (Wildman–Crippen LogP) is 10.7. The number of hydrogen-bond acceptors (Lipinski definition) is 0. The van der Waals surface area contributed by atoms with E-state index in [4.69, 9.17) is 1.28 Å². The van der Waals surface area contributed by atoms with Crippen LogP contribution in [0.2, 0.25) is 0 Å². The number of rotatable bonds is 8. The molecule has 0 bridgehead atoms. The first-order chi connectivity index (χ1) is 9.02. The first kappa shape index (κ1) is 25.2. The average Bonchev–Trinajstić information content (AvgIpc) is 2.22. The molecule has 19 heavy (non-hydrogen) atoms. The van der Waals surface area contributed by atoms with Crippen molar-refractivity contribution >= 4 is 153 Å². The maximum atomic E-state index is 9.09. The molecule has 19 heteroatoms. The minimum absolute atomic E-state index is 0.0283. The lowest BCUT2D eigenvalue weighted by atomic mass is 28.6. The minimum Gasteiger partial charge on any atom is -0.102 e. The van der Waals surface area contributed by atoms with Gasteiger partial charge < -0.3 is 0 Å². The Hall–Kier alpha value is 8.17. The van der Waals surface area contributed by atoms with Gasteiger partial charge in [-0.15, -0.1) is 89.3 Å². The quantitative estimate of drug-likeness (QED) is 0.240. The Morgan fingerprint density at radius 2 is 0.842 bits per heavy atom. The van der Waals surface area contributed by atoms with Gasteiger partial charge in [0.2, 0.25) is 0 Å². The highest BCUT2D eigenvalue weighted by Crippen LogP contribution is 3.23. The van der Waals surface area contributed by atoms with Crippen LogP contribution in [-0.4, -0.2) is 1.28 Å². The van der Waals surface area contributed by atoms with Crippen LogP contribution >= 0.6 is 153 Å². The standard InChI is InChI=1S/H21P19/c1-12(2)17(13(3)4)11-18(14(5)6)19(15(7)8)16(9)10/h11H,1-10H2/i11D. The van der Waals surface area contributed by atoms with Crippen molar-refractivity contribution in [1.29, 1.82) is 1.28 Å². The van der Waals surface area contributed by atoms with Crippen LogP contribution < -0.4 is 0 Å². The van der Waals surface area contributed by atoms with Crippen molar-refractivity contribution < 1.29 is 0 Å². The first-order valence-electron chi connectivity index (χ1n) is 4.63. The van der Waals surface area contributed by atoms with E-state index in [-0.39, 0.29) is 55.9 Å². The summed E-state index contributed by atoms with van der Waals surface area (Å²) in [5, 5.41) is 0. The van der Waals surface area contributed by atoms with Crippen LogP contribution in [0, 0.1) is 0 Å². The van der Waals surface area contributed by atoms with Gasteiger partial charge in [-0.05, 0) is 63.8 Å². The highest BCUT2D eigenvalue weighted by Gasteiger charge is 2.34. The summed E-state index contributed by atoms with van der Waals surface area (Å²) in [6, 6.07) is 0. The summed E-state index contributed by atoms with van der Waals surface area (Å²) in [5.74, 6) is 0. The molecule has 0 aromatic rings. The molecule has 12 atom stereocenters. The molecule has 0 aliphatic carbocycles. The molecular formula is H21P19. The fraction of sp³-hybridized carbons (Fsp3) is 0. The van der Waals surface area contributed by atoms with Crippen molar-refractivity contribution in [3.63, 3.8) is 0 Å². The van der Waals surface area contributed by atoms with E-state index in [2.05, 4.69) is 89.3 Å². The van der Waals surface area contributed by atoms with Gasteiger partial charge in [-0.3, -0.25) is 0 Å². The molecule has 0 radical (unpaired) electrons. The van der Waals surface area contributed by atoms with Crippen LogP contribution in [0.4, 0.5) is 0 Å². The second kappa shape index (κ2) is 15.1. The third-order valence-electron chi connectivity index (χ3n) is 1.35. The van der Waals surface area contributed by atoms with Crippen LogP contribution in [0.5, 0.6) is 0 Å². The molecule has 0 heterocycles. The maximum absolute atomic E-state index is 9.09. The van der Waals surface area contributed by atoms with E-state index in [1.54, 1.807) is 0 Å². The van der Waals surface area contributed by atoms with Crippen molar-refractivity contribution in [3.05, 3.63) is 0 Å². The fourth-order valence-corrected chi connectivity index (χ4v) is 185. The Morgan fingerprint density at radius 3 is 1.05 bits per heavy atom. The summed E-state index contributed by atoms with van der Waals surface area (Å²) >= 11 is 0. The SMILES string of the molecule is [2H]P(P(P(P)P)P(P)P)P(P(P)P)P(P(P)P)P(P)P. The molecule has 0 aromatic carbocycles. The van der Waals surface area contributed by atoms with Crippen LogP contribution in [-0.2, 0) is 0 Å². The highest BCUT2D eigenvalue weighted by molar-refractivity contribution is 9.29. The third-order valence-corrected chi connectivity index (χ3v) is 110. The van der Waals surface area contributed by atoms with E-state index in [1.165, 1.54) is 0 Å². The molecule has 0 aliphatic rings. The summed E-state index contributed by atoms with van der Waals surface area (Å²) in [5.41, 5.74) is 0. The van der Waals surface area contributed by atoms with Crippen molar-refractivity contribution in [1.82, 2.24) is 0 Å². The van der Waals surface area contributed by atoms with Gasteiger partial charge in [0.1, 0.15) is 0 Å². The van der Waals surface area contributed by atoms with E-state index in [0.717, 1.165) is 0 Å². The first-order valence-corrected chi connectivity index (χ1v) is 37.6. The molecule has 0 aromatic heterocycles. The van der Waals surface area contributed by atoms with Gasteiger partial charge in [0.25, 0.3) is 0 Å². The highest BCUT2D eigenvalue weighted by atomic mass is 33.3. The maximum Gasteiger partial charge on any atom is 0.0690 e. The molecule has 0 nitrogen and oxygen atoms in total. The molecule has 0 amide bonds. The minimum atomic E-state index is -0.581. The van der Waals surface area contributed by atoms with Crippen LogP contribution in [0.3, 0.4) is 0 Å². The smallest absolute Gasteiger partial charge is 0.0690 e. The monoisotopic (exact) mass is 611 g/mol. The fourth-order valence-electron chi connectivity index (χ4n) is 0.762. The van der Waals surface area contributed by atoms with Crippen molar-refractivity contribution in [2.45, 2.75) is 0 Å². The van der Waals surface area contributed by atoms with E-state index in [1.807, 2.05) is 0 Å². The summed E-state index contributed by atoms with van der Waals surface area (Å²) in [4.78, 5) is 0. The zero-order valence-corrected chi connectivity index (χ0v) is 29.4. The van der Waals surface area contributed by atoms with Gasteiger partial charge in [0.05, 0.1) is 1.28 Å². The molecular weight excluding hydrogens is 589 g/mol. The van der Waals surface area contributed by atoms with Crippen LogP contribution in [0.25, 0.3) is 0 Å². The summed E-state index contributed by atoms with van der Waals surface area (Å²) in [6.07, 6.45) is 0. The second-order valence-corrected chi connectivity index (χ2v) is 75.5. The van der Waals surface area contributed by atoms with E-state index >= 15 is 0 Å². The van der Waals surface area contributed by atoms with Crippen LogP contribution in [0.1, 0.15) is 0 Å². The van der Waals surface area contributed by atoms with Gasteiger partial charge in [-0.2, -0.15) is 0 Å². The zero-order chi connectivity index (χ0) is 16.2. The molecule has 0 saturated carbocycles. The molecule has 0 N–H and O–H groups in total. The molecule has 116 valence electrons. The van der Waals surface area contributed by atoms with Gasteiger partial charge in [0, 0.05) is 0 Å². The summed E-state index contributed by atoms with van der Waals surface area (Å²) < 4.78 is 9.09. The Morgan fingerprint density at radius 1 is 0.526 bits per heavy atom. The molecule has 0 rings (SSSR count). The van der Waals surface area contributed by atoms with E-state index < -0.39 is 7.90 Å². The zero-order valence-electron chi connectivity index (χ0n) is 10.8. The van der Waals surface area contributed by atoms with Gasteiger partial charge >= 0.3 is 0 Å². The largest absolute Gasteiger partial charge is 0.102 e. The second-order valence-electron chi connectivity index (χ2n) is 2.79. The van der Waals surface area contributed by atoms with Crippen LogP contribution in [0.15, 0.2) is 0 Å².